The Hall–Kier alpha value is -1.35. The molecule has 0 radical (unpaired) electrons. The van der Waals surface area contributed by atoms with Gasteiger partial charge < -0.3 is 24.4 Å². The van der Waals surface area contributed by atoms with Crippen LogP contribution < -0.4 is 0 Å². The summed E-state index contributed by atoms with van der Waals surface area (Å²) in [5, 5.41) is 16.9. The number of hydrogen-bond donors (Lipinski definition) is 2. The van der Waals surface area contributed by atoms with Gasteiger partial charge in [-0.1, -0.05) is 0 Å². The lowest BCUT2D eigenvalue weighted by atomic mass is 10.5. The lowest BCUT2D eigenvalue weighted by Crippen LogP contribution is -2.15. The van der Waals surface area contributed by atoms with Gasteiger partial charge in [-0.25, -0.2) is 9.59 Å². The predicted molar refractivity (Wildman–Crippen MR) is 58.4 cm³/mol. The Labute approximate surface area is 108 Å². The average molecular weight is 302 g/mol. The highest BCUT2D eigenvalue weighted by atomic mass is 31.2. The summed E-state index contributed by atoms with van der Waals surface area (Å²) in [5.74, 6) is 0. The molecule has 10 nitrogen and oxygen atoms in total. The van der Waals surface area contributed by atoms with Crippen LogP contribution in [0, 0.1) is 0 Å². The molecule has 0 aromatic heterocycles. The van der Waals surface area contributed by atoms with Gasteiger partial charge in [0.1, 0.15) is 6.35 Å². The molecule has 0 aromatic rings. The summed E-state index contributed by atoms with van der Waals surface area (Å²) in [4.78, 5) is 20.9. The van der Waals surface area contributed by atoms with Gasteiger partial charge in [-0.2, -0.15) is 0 Å². The summed E-state index contributed by atoms with van der Waals surface area (Å²) in [6.07, 6.45) is -4.15. The van der Waals surface area contributed by atoms with Crippen LogP contribution in [0.4, 0.5) is 9.59 Å². The predicted octanol–water partition coefficient (Wildman–Crippen LogP) is 1.33. The Morgan fingerprint density at radius 3 is 2.11 bits per heavy atom. The van der Waals surface area contributed by atoms with E-state index in [0.717, 1.165) is 0 Å². The zero-order chi connectivity index (χ0) is 14.9. The number of aliphatic hydroxyl groups excluding tert-OH is 1. The number of carbonyl (C=O) groups is 2. The molecule has 0 aliphatic carbocycles. The van der Waals surface area contributed by atoms with Gasteiger partial charge in [0.25, 0.3) is 0 Å². The number of carboxylic acid groups (broad SMARTS) is 1. The first-order valence-electron chi connectivity index (χ1n) is 4.97. The van der Waals surface area contributed by atoms with Crippen LogP contribution in [0.1, 0.15) is 13.8 Å². The first-order valence-corrected chi connectivity index (χ1v) is 6.70. The lowest BCUT2D eigenvalue weighted by molar-refractivity contribution is -0.0249. The van der Waals surface area contributed by atoms with E-state index in [1.807, 2.05) is 0 Å². The molecule has 0 aromatic carbocycles. The van der Waals surface area contributed by atoms with Gasteiger partial charge in [0.05, 0.1) is 6.10 Å². The van der Waals surface area contributed by atoms with Crippen LogP contribution in [-0.2, 0) is 27.8 Å². The van der Waals surface area contributed by atoms with E-state index in [1.54, 1.807) is 13.8 Å². The SMILES string of the molecule is CC(C)OC(=O)OCOP(=O)(CO)OCOC(=O)O. The summed E-state index contributed by atoms with van der Waals surface area (Å²) in [6, 6.07) is 0. The first-order chi connectivity index (χ1) is 8.79. The molecular formula is C8H15O10P. The maximum absolute atomic E-state index is 11.6. The van der Waals surface area contributed by atoms with Crippen molar-refractivity contribution < 1.29 is 47.6 Å². The van der Waals surface area contributed by atoms with Gasteiger partial charge in [0.15, 0.2) is 0 Å². The van der Waals surface area contributed by atoms with Crippen molar-refractivity contribution in [3.63, 3.8) is 0 Å². The minimum absolute atomic E-state index is 0.405. The minimum Gasteiger partial charge on any atom is -0.450 e. The molecule has 0 saturated heterocycles. The Bertz CT molecular complexity index is 340. The van der Waals surface area contributed by atoms with E-state index in [1.165, 1.54) is 0 Å². The standard InChI is InChI=1S/C8H15O10P/c1-6(2)18-8(12)15-5-17-19(13,3-9)16-4-14-7(10)11/h6,9H,3-5H2,1-2H3,(H,10,11). The molecule has 0 fully saturated rings. The van der Waals surface area contributed by atoms with Crippen molar-refractivity contribution in [3.8, 4) is 0 Å². The van der Waals surface area contributed by atoms with Crippen LogP contribution in [0.25, 0.3) is 0 Å². The number of ether oxygens (including phenoxy) is 3. The Kier molecular flexibility index (Phi) is 8.08. The van der Waals surface area contributed by atoms with Crippen LogP contribution in [0.3, 0.4) is 0 Å². The summed E-state index contributed by atoms with van der Waals surface area (Å²) in [5.41, 5.74) is 0. The van der Waals surface area contributed by atoms with Gasteiger partial charge in [-0.3, -0.25) is 13.6 Å². The van der Waals surface area contributed by atoms with Gasteiger partial charge in [0.2, 0.25) is 13.6 Å². The second kappa shape index (κ2) is 8.70. The monoisotopic (exact) mass is 302 g/mol. The average Bonchev–Trinajstić information content (AvgIpc) is 2.27. The van der Waals surface area contributed by atoms with Gasteiger partial charge in [-0.05, 0) is 13.8 Å². The minimum atomic E-state index is -4.01. The maximum atomic E-state index is 11.6. The molecule has 1 atom stereocenters. The van der Waals surface area contributed by atoms with Crippen molar-refractivity contribution in [2.45, 2.75) is 20.0 Å². The second-order valence-corrected chi connectivity index (χ2v) is 5.24. The third kappa shape index (κ3) is 9.25. The first kappa shape index (κ1) is 17.6. The summed E-state index contributed by atoms with van der Waals surface area (Å²) in [6.45, 7) is 1.49. The van der Waals surface area contributed by atoms with E-state index in [9.17, 15) is 14.2 Å². The number of aliphatic hydroxyl groups is 1. The zero-order valence-corrected chi connectivity index (χ0v) is 11.2. The third-order valence-electron chi connectivity index (χ3n) is 1.36. The van der Waals surface area contributed by atoms with Gasteiger partial charge >= 0.3 is 19.9 Å². The molecule has 0 spiro atoms. The molecule has 19 heavy (non-hydrogen) atoms. The Balaban J connectivity index is 4.00. The molecule has 11 heteroatoms. The molecule has 0 bridgehead atoms. The van der Waals surface area contributed by atoms with Crippen molar-refractivity contribution in [2.75, 3.05) is 19.9 Å². The Morgan fingerprint density at radius 2 is 1.68 bits per heavy atom. The maximum Gasteiger partial charge on any atom is 0.510 e. The largest absolute Gasteiger partial charge is 0.510 e. The van der Waals surface area contributed by atoms with E-state index in [4.69, 9.17) is 10.2 Å². The highest BCUT2D eigenvalue weighted by molar-refractivity contribution is 7.53. The van der Waals surface area contributed by atoms with E-state index >= 15 is 0 Å². The fraction of sp³-hybridized carbons (Fsp3) is 0.750. The van der Waals surface area contributed by atoms with E-state index in [0.29, 0.717) is 0 Å². The Morgan fingerprint density at radius 1 is 1.16 bits per heavy atom. The summed E-state index contributed by atoms with van der Waals surface area (Å²) >= 11 is 0. The normalized spacial score (nSPS) is 13.7. The number of rotatable bonds is 8. The fourth-order valence-electron chi connectivity index (χ4n) is 0.657. The fourth-order valence-corrected chi connectivity index (χ4v) is 1.32. The van der Waals surface area contributed by atoms with E-state index < -0.39 is 45.9 Å². The van der Waals surface area contributed by atoms with Crippen molar-refractivity contribution >= 4 is 19.9 Å². The van der Waals surface area contributed by atoms with Gasteiger partial charge in [0, 0.05) is 0 Å². The van der Waals surface area contributed by atoms with Crippen LogP contribution in [0.5, 0.6) is 0 Å². The molecule has 1 unspecified atom stereocenters. The topological polar surface area (TPSA) is 138 Å². The quantitative estimate of drug-likeness (QED) is 0.383. The van der Waals surface area contributed by atoms with Crippen LogP contribution in [-0.4, -0.2) is 48.6 Å². The molecule has 0 aliphatic rings. The summed E-state index contributed by atoms with van der Waals surface area (Å²) < 4.78 is 33.3. The highest BCUT2D eigenvalue weighted by Gasteiger charge is 2.25. The van der Waals surface area contributed by atoms with E-state index in [-0.39, 0.29) is 0 Å². The second-order valence-electron chi connectivity index (χ2n) is 3.22. The molecule has 0 rings (SSSR count). The molecule has 0 amide bonds. The molecule has 0 heterocycles. The zero-order valence-electron chi connectivity index (χ0n) is 10.3. The third-order valence-corrected chi connectivity index (χ3v) is 2.71. The van der Waals surface area contributed by atoms with Crippen molar-refractivity contribution in [1.82, 2.24) is 0 Å². The molecule has 112 valence electrons. The van der Waals surface area contributed by atoms with Crippen LogP contribution in [0.2, 0.25) is 0 Å². The number of carbonyl (C=O) groups excluding carboxylic acids is 1. The molecular weight excluding hydrogens is 287 g/mol. The molecule has 0 saturated carbocycles. The van der Waals surface area contributed by atoms with Gasteiger partial charge in [-0.15, -0.1) is 0 Å². The number of hydrogen-bond acceptors (Lipinski definition) is 9. The molecule has 2 N–H and O–H groups in total. The van der Waals surface area contributed by atoms with Crippen molar-refractivity contribution in [2.24, 2.45) is 0 Å². The van der Waals surface area contributed by atoms with Crippen LogP contribution in [0.15, 0.2) is 0 Å². The van der Waals surface area contributed by atoms with Crippen molar-refractivity contribution in [3.05, 3.63) is 0 Å². The van der Waals surface area contributed by atoms with Crippen molar-refractivity contribution in [1.29, 1.82) is 0 Å². The van der Waals surface area contributed by atoms with Crippen LogP contribution >= 0.6 is 7.60 Å². The summed E-state index contributed by atoms with van der Waals surface area (Å²) in [7, 11) is -4.01. The smallest absolute Gasteiger partial charge is 0.450 e. The van der Waals surface area contributed by atoms with E-state index in [2.05, 4.69) is 23.3 Å². The highest BCUT2D eigenvalue weighted by Crippen LogP contribution is 2.46. The lowest BCUT2D eigenvalue weighted by Gasteiger charge is -2.15. The molecule has 0 aliphatic heterocycles.